The van der Waals surface area contributed by atoms with Gasteiger partial charge < -0.3 is 5.32 Å². The number of aromatic nitrogens is 2. The Bertz CT molecular complexity index is 1230. The molecule has 1 unspecified atom stereocenters. The number of nitrogens with one attached hydrogen (secondary N) is 2. The molecule has 2 amide bonds. The van der Waals surface area contributed by atoms with E-state index in [1.165, 1.54) is 19.3 Å². The zero-order valence-corrected chi connectivity index (χ0v) is 20.1. The highest BCUT2D eigenvalue weighted by Gasteiger charge is 2.54. The van der Waals surface area contributed by atoms with Gasteiger partial charge in [0.15, 0.2) is 4.96 Å². The zero-order valence-electron chi connectivity index (χ0n) is 19.2. The second kappa shape index (κ2) is 8.34. The molecule has 2 N–H and O–H groups in total. The predicted octanol–water partition coefficient (Wildman–Crippen LogP) is 4.23. The summed E-state index contributed by atoms with van der Waals surface area (Å²) >= 11 is 1.55. The third kappa shape index (κ3) is 3.74. The number of hydrazone groups is 1. The molecular weight excluding hydrogens is 446 g/mol. The van der Waals surface area contributed by atoms with E-state index in [0.717, 1.165) is 41.2 Å². The Morgan fingerprint density at radius 1 is 1.15 bits per heavy atom. The number of hydrogen-bond acceptors (Lipinski definition) is 5. The van der Waals surface area contributed by atoms with Crippen LogP contribution in [0, 0.1) is 23.2 Å². The van der Waals surface area contributed by atoms with Crippen LogP contribution >= 0.6 is 11.3 Å². The largest absolute Gasteiger partial charge is 0.344 e. The molecule has 0 radical (unpaired) electrons. The molecule has 34 heavy (non-hydrogen) atoms. The minimum absolute atomic E-state index is 0.0559. The SMILES string of the molecule is CC(NC(=O)C12CC3CC(CC(C3)C1)C2)C(=O)N/N=C/c1c(-c2ccccc2)nc2sccn12. The minimum Gasteiger partial charge on any atom is -0.344 e. The van der Waals surface area contributed by atoms with Gasteiger partial charge in [-0.3, -0.25) is 14.0 Å². The van der Waals surface area contributed by atoms with Crippen LogP contribution in [0.5, 0.6) is 0 Å². The molecule has 0 saturated heterocycles. The molecule has 7 nitrogen and oxygen atoms in total. The number of fused-ring (bicyclic) bond motifs is 1. The highest BCUT2D eigenvalue weighted by atomic mass is 32.1. The summed E-state index contributed by atoms with van der Waals surface area (Å²) in [4.78, 5) is 31.6. The molecule has 4 aliphatic rings. The lowest BCUT2D eigenvalue weighted by atomic mass is 9.49. The summed E-state index contributed by atoms with van der Waals surface area (Å²) < 4.78 is 1.96. The van der Waals surface area contributed by atoms with E-state index in [9.17, 15) is 9.59 Å². The molecule has 4 aliphatic carbocycles. The normalized spacial score (nSPS) is 28.4. The molecule has 4 bridgehead atoms. The Morgan fingerprint density at radius 3 is 2.50 bits per heavy atom. The van der Waals surface area contributed by atoms with Gasteiger partial charge in [-0.2, -0.15) is 5.10 Å². The number of hydrogen-bond donors (Lipinski definition) is 2. The molecule has 4 saturated carbocycles. The standard InChI is InChI=1S/C26H29N5O2S/c1-16(28-24(33)26-12-17-9-18(13-26)11-19(10-17)14-26)23(32)30-27-15-21-22(20-5-3-2-4-6-20)29-25-31(21)7-8-34-25/h2-8,15-19H,9-14H2,1H3,(H,28,33)(H,30,32)/b27-15+. The number of rotatable bonds is 6. The Labute approximate surface area is 202 Å². The molecule has 4 fully saturated rings. The van der Waals surface area contributed by atoms with Gasteiger partial charge in [0.1, 0.15) is 6.04 Å². The van der Waals surface area contributed by atoms with Crippen molar-refractivity contribution in [2.24, 2.45) is 28.3 Å². The van der Waals surface area contributed by atoms with E-state index >= 15 is 0 Å². The molecule has 176 valence electrons. The van der Waals surface area contributed by atoms with Crippen molar-refractivity contribution in [1.29, 1.82) is 0 Å². The number of nitrogens with zero attached hydrogens (tertiary/aromatic N) is 3. The van der Waals surface area contributed by atoms with Crippen molar-refractivity contribution in [2.45, 2.75) is 51.5 Å². The average Bonchev–Trinajstić information content (AvgIpc) is 3.41. The van der Waals surface area contributed by atoms with Gasteiger partial charge >= 0.3 is 0 Å². The average molecular weight is 476 g/mol. The van der Waals surface area contributed by atoms with Crippen molar-refractivity contribution >= 4 is 34.3 Å². The third-order valence-electron chi connectivity index (χ3n) is 7.97. The van der Waals surface area contributed by atoms with Gasteiger partial charge in [0.25, 0.3) is 5.91 Å². The van der Waals surface area contributed by atoms with Gasteiger partial charge in [0.05, 0.1) is 17.6 Å². The summed E-state index contributed by atoms with van der Waals surface area (Å²) in [5.74, 6) is 1.81. The van der Waals surface area contributed by atoms with Crippen LogP contribution in [0.1, 0.15) is 51.1 Å². The predicted molar refractivity (Wildman–Crippen MR) is 132 cm³/mol. The summed E-state index contributed by atoms with van der Waals surface area (Å²) in [7, 11) is 0. The van der Waals surface area contributed by atoms with Crippen LogP contribution in [0.15, 0.2) is 47.0 Å². The van der Waals surface area contributed by atoms with Gasteiger partial charge in [-0.15, -0.1) is 11.3 Å². The van der Waals surface area contributed by atoms with Gasteiger partial charge in [0, 0.05) is 22.6 Å². The first-order valence-corrected chi connectivity index (χ1v) is 13.0. The molecule has 3 aromatic rings. The second-order valence-electron chi connectivity index (χ2n) is 10.4. The van der Waals surface area contributed by atoms with E-state index in [4.69, 9.17) is 4.98 Å². The fourth-order valence-corrected chi connectivity index (χ4v) is 7.51. The van der Waals surface area contributed by atoms with Gasteiger partial charge in [-0.05, 0) is 63.2 Å². The summed E-state index contributed by atoms with van der Waals surface area (Å²) in [5.41, 5.74) is 4.95. The molecule has 0 spiro atoms. The first kappa shape index (κ1) is 21.5. The summed E-state index contributed by atoms with van der Waals surface area (Å²) in [5, 5.41) is 9.19. The van der Waals surface area contributed by atoms with Crippen LogP contribution in [0.3, 0.4) is 0 Å². The molecule has 2 aromatic heterocycles. The first-order chi connectivity index (χ1) is 16.5. The number of amides is 2. The number of imidazole rings is 1. The Balaban J connectivity index is 1.13. The van der Waals surface area contributed by atoms with E-state index in [1.54, 1.807) is 24.5 Å². The van der Waals surface area contributed by atoms with E-state index in [0.29, 0.717) is 17.8 Å². The number of carbonyl (C=O) groups excluding carboxylic acids is 2. The lowest BCUT2D eigenvalue weighted by Gasteiger charge is -2.55. The van der Waals surface area contributed by atoms with Crippen molar-refractivity contribution < 1.29 is 9.59 Å². The Morgan fingerprint density at radius 2 is 1.82 bits per heavy atom. The molecule has 1 atom stereocenters. The van der Waals surface area contributed by atoms with E-state index in [-0.39, 0.29) is 17.2 Å². The fourth-order valence-electron chi connectivity index (χ4n) is 6.79. The minimum atomic E-state index is -0.641. The van der Waals surface area contributed by atoms with Gasteiger partial charge in [-0.25, -0.2) is 10.4 Å². The molecule has 0 aliphatic heterocycles. The van der Waals surface area contributed by atoms with Crippen molar-refractivity contribution in [3.63, 3.8) is 0 Å². The van der Waals surface area contributed by atoms with Crippen LogP contribution < -0.4 is 10.7 Å². The maximum absolute atomic E-state index is 13.3. The zero-order chi connectivity index (χ0) is 23.3. The number of thiazole rings is 1. The van der Waals surface area contributed by atoms with Gasteiger partial charge in [0.2, 0.25) is 5.91 Å². The highest BCUT2D eigenvalue weighted by Crippen LogP contribution is 2.60. The molecular formula is C26H29N5O2S. The number of carbonyl (C=O) groups is 2. The fraction of sp³-hybridized carbons (Fsp3) is 0.462. The Hall–Kier alpha value is -3.00. The maximum atomic E-state index is 13.3. The third-order valence-corrected chi connectivity index (χ3v) is 8.73. The monoisotopic (exact) mass is 475 g/mol. The van der Waals surface area contributed by atoms with Crippen molar-refractivity contribution in [3.05, 3.63) is 47.6 Å². The van der Waals surface area contributed by atoms with Crippen molar-refractivity contribution in [3.8, 4) is 11.3 Å². The second-order valence-corrected chi connectivity index (χ2v) is 11.3. The van der Waals surface area contributed by atoms with Crippen molar-refractivity contribution in [2.75, 3.05) is 0 Å². The summed E-state index contributed by atoms with van der Waals surface area (Å²) in [6.45, 7) is 1.73. The van der Waals surface area contributed by atoms with E-state index < -0.39 is 6.04 Å². The van der Waals surface area contributed by atoms with Crippen LogP contribution in [0.25, 0.3) is 16.2 Å². The van der Waals surface area contributed by atoms with Crippen LogP contribution in [-0.4, -0.2) is 33.5 Å². The number of benzene rings is 1. The summed E-state index contributed by atoms with van der Waals surface area (Å²) in [6, 6.07) is 9.28. The van der Waals surface area contributed by atoms with Gasteiger partial charge in [-0.1, -0.05) is 30.3 Å². The maximum Gasteiger partial charge on any atom is 0.262 e. The molecule has 2 heterocycles. The van der Waals surface area contributed by atoms with Crippen LogP contribution in [0.4, 0.5) is 0 Å². The van der Waals surface area contributed by atoms with Crippen LogP contribution in [-0.2, 0) is 9.59 Å². The van der Waals surface area contributed by atoms with E-state index in [2.05, 4.69) is 15.8 Å². The summed E-state index contributed by atoms with van der Waals surface area (Å²) in [6.07, 6.45) is 10.4. The quantitative estimate of drug-likeness (QED) is 0.413. The molecule has 1 aromatic carbocycles. The van der Waals surface area contributed by atoms with Crippen molar-refractivity contribution in [1.82, 2.24) is 20.1 Å². The lowest BCUT2D eigenvalue weighted by molar-refractivity contribution is -0.148. The first-order valence-electron chi connectivity index (χ1n) is 12.2. The van der Waals surface area contributed by atoms with E-state index in [1.807, 2.05) is 46.3 Å². The van der Waals surface area contributed by atoms with Crippen LogP contribution in [0.2, 0.25) is 0 Å². The smallest absolute Gasteiger partial charge is 0.262 e. The molecule has 7 rings (SSSR count). The highest BCUT2D eigenvalue weighted by molar-refractivity contribution is 7.15. The lowest BCUT2D eigenvalue weighted by Crippen LogP contribution is -2.56. The Kier molecular flexibility index (Phi) is 5.28. The molecule has 8 heteroatoms. The topological polar surface area (TPSA) is 87.9 Å².